The maximum absolute atomic E-state index is 10.3. The molecule has 0 unspecified atom stereocenters. The van der Waals surface area contributed by atoms with Crippen molar-refractivity contribution in [2.45, 2.75) is 6.61 Å². The summed E-state index contributed by atoms with van der Waals surface area (Å²) in [6, 6.07) is 5.65. The maximum Gasteiger partial charge on any atom is 0.327 e. The standard InChI is InChI=1S/C7H8NO5P/c9-8(10)7-3-1-6(2-4-7)5-13-14(11)12/h1-4,11-12H,5H2. The van der Waals surface area contributed by atoms with E-state index in [-0.39, 0.29) is 12.3 Å². The largest absolute Gasteiger partial charge is 0.328 e. The molecule has 76 valence electrons. The van der Waals surface area contributed by atoms with Crippen molar-refractivity contribution >= 4 is 14.3 Å². The second kappa shape index (κ2) is 4.97. The van der Waals surface area contributed by atoms with Crippen LogP contribution in [0.15, 0.2) is 24.3 Å². The van der Waals surface area contributed by atoms with Gasteiger partial charge in [-0.3, -0.25) is 10.1 Å². The molecule has 0 fully saturated rings. The Morgan fingerprint density at radius 3 is 2.36 bits per heavy atom. The lowest BCUT2D eigenvalue weighted by Gasteiger charge is -2.02. The minimum Gasteiger partial charge on any atom is -0.328 e. The molecule has 0 amide bonds. The van der Waals surface area contributed by atoms with Crippen LogP contribution in [0.2, 0.25) is 0 Å². The van der Waals surface area contributed by atoms with Crippen molar-refractivity contribution in [3.63, 3.8) is 0 Å². The van der Waals surface area contributed by atoms with E-state index < -0.39 is 13.5 Å². The third kappa shape index (κ3) is 3.35. The summed E-state index contributed by atoms with van der Waals surface area (Å²) in [7, 11) is -2.38. The van der Waals surface area contributed by atoms with Crippen LogP contribution >= 0.6 is 8.60 Å². The van der Waals surface area contributed by atoms with E-state index in [0.717, 1.165) is 0 Å². The molecule has 0 aliphatic heterocycles. The van der Waals surface area contributed by atoms with Crippen molar-refractivity contribution in [2.24, 2.45) is 0 Å². The van der Waals surface area contributed by atoms with E-state index in [9.17, 15) is 10.1 Å². The highest BCUT2D eigenvalue weighted by atomic mass is 31.2. The van der Waals surface area contributed by atoms with E-state index >= 15 is 0 Å². The predicted octanol–water partition coefficient (Wildman–Crippen LogP) is 1.32. The molecule has 0 heterocycles. The monoisotopic (exact) mass is 217 g/mol. The van der Waals surface area contributed by atoms with Gasteiger partial charge in [0.15, 0.2) is 0 Å². The maximum atomic E-state index is 10.3. The second-order valence-corrected chi connectivity index (χ2v) is 3.21. The number of non-ortho nitro benzene ring substituents is 1. The number of nitro benzene ring substituents is 1. The van der Waals surface area contributed by atoms with Crippen LogP contribution in [-0.2, 0) is 11.1 Å². The van der Waals surface area contributed by atoms with Gasteiger partial charge in [-0.2, -0.15) is 0 Å². The fourth-order valence-corrected chi connectivity index (χ4v) is 1.11. The first kappa shape index (κ1) is 11.0. The highest BCUT2D eigenvalue weighted by Gasteiger charge is 2.05. The van der Waals surface area contributed by atoms with Crippen LogP contribution in [0.1, 0.15) is 5.56 Å². The fraction of sp³-hybridized carbons (Fsp3) is 0.143. The summed E-state index contributed by atoms with van der Waals surface area (Å²) >= 11 is 0. The molecule has 0 aliphatic rings. The number of nitrogens with zero attached hydrogens (tertiary/aromatic N) is 1. The zero-order valence-corrected chi connectivity index (χ0v) is 7.92. The molecule has 1 aromatic rings. The van der Waals surface area contributed by atoms with Gasteiger partial charge in [-0.05, 0) is 17.7 Å². The molecular weight excluding hydrogens is 209 g/mol. The Morgan fingerprint density at radius 2 is 1.93 bits per heavy atom. The number of rotatable bonds is 4. The van der Waals surface area contributed by atoms with E-state index in [4.69, 9.17) is 9.79 Å². The van der Waals surface area contributed by atoms with Gasteiger partial charge in [0.1, 0.15) is 0 Å². The lowest BCUT2D eigenvalue weighted by atomic mass is 10.2. The Bertz CT molecular complexity index is 312. The summed E-state index contributed by atoms with van der Waals surface area (Å²) in [4.78, 5) is 26.7. The average molecular weight is 217 g/mol. The predicted molar refractivity (Wildman–Crippen MR) is 49.2 cm³/mol. The molecule has 1 aromatic carbocycles. The minimum atomic E-state index is -2.38. The van der Waals surface area contributed by atoms with Gasteiger partial charge in [-0.15, -0.1) is 0 Å². The minimum absolute atomic E-state index is 0.0102. The third-order valence-corrected chi connectivity index (χ3v) is 1.85. The molecule has 0 saturated heterocycles. The third-order valence-electron chi connectivity index (χ3n) is 1.49. The molecule has 0 aliphatic carbocycles. The molecule has 0 atom stereocenters. The number of benzene rings is 1. The molecule has 0 saturated carbocycles. The van der Waals surface area contributed by atoms with E-state index in [1.165, 1.54) is 24.3 Å². The molecule has 0 aromatic heterocycles. The molecule has 6 nitrogen and oxygen atoms in total. The van der Waals surface area contributed by atoms with Crippen molar-refractivity contribution in [1.29, 1.82) is 0 Å². The zero-order chi connectivity index (χ0) is 10.6. The van der Waals surface area contributed by atoms with Crippen LogP contribution in [0.25, 0.3) is 0 Å². The molecule has 14 heavy (non-hydrogen) atoms. The normalized spacial score (nSPS) is 10.5. The molecule has 2 N–H and O–H groups in total. The van der Waals surface area contributed by atoms with Gasteiger partial charge in [0.2, 0.25) is 0 Å². The van der Waals surface area contributed by atoms with Gasteiger partial charge in [0, 0.05) is 12.1 Å². The average Bonchev–Trinajstić information content (AvgIpc) is 2.15. The van der Waals surface area contributed by atoms with Gasteiger partial charge in [-0.25, -0.2) is 0 Å². The van der Waals surface area contributed by atoms with E-state index in [0.29, 0.717) is 5.56 Å². The van der Waals surface area contributed by atoms with Crippen LogP contribution < -0.4 is 0 Å². The first-order valence-corrected chi connectivity index (χ1v) is 4.80. The summed E-state index contributed by atoms with van der Waals surface area (Å²) in [6.45, 7) is 0.0245. The van der Waals surface area contributed by atoms with Crippen LogP contribution in [0.4, 0.5) is 5.69 Å². The highest BCUT2D eigenvalue weighted by Crippen LogP contribution is 2.26. The van der Waals surface area contributed by atoms with Crippen LogP contribution in [0.5, 0.6) is 0 Å². The van der Waals surface area contributed by atoms with Crippen LogP contribution in [0.3, 0.4) is 0 Å². The summed E-state index contributed by atoms with van der Waals surface area (Å²) in [5, 5.41) is 10.3. The van der Waals surface area contributed by atoms with Gasteiger partial charge < -0.3 is 14.3 Å². The molecule has 0 spiro atoms. The van der Waals surface area contributed by atoms with Crippen molar-refractivity contribution in [1.82, 2.24) is 0 Å². The SMILES string of the molecule is O=[N+]([O-])c1ccc(COP(O)O)cc1. The lowest BCUT2D eigenvalue weighted by molar-refractivity contribution is -0.384. The molecule has 0 radical (unpaired) electrons. The fourth-order valence-electron chi connectivity index (χ4n) is 0.846. The van der Waals surface area contributed by atoms with E-state index in [1.807, 2.05) is 0 Å². The Kier molecular flexibility index (Phi) is 3.91. The van der Waals surface area contributed by atoms with Crippen LogP contribution in [-0.4, -0.2) is 14.7 Å². The van der Waals surface area contributed by atoms with Crippen molar-refractivity contribution < 1.29 is 19.2 Å². The molecule has 0 bridgehead atoms. The van der Waals surface area contributed by atoms with Crippen LogP contribution in [0, 0.1) is 10.1 Å². The molecule has 1 rings (SSSR count). The summed E-state index contributed by atoms with van der Waals surface area (Å²) in [6.07, 6.45) is 0. The van der Waals surface area contributed by atoms with Gasteiger partial charge in [0.25, 0.3) is 5.69 Å². The van der Waals surface area contributed by atoms with Gasteiger partial charge in [-0.1, -0.05) is 0 Å². The van der Waals surface area contributed by atoms with Gasteiger partial charge >= 0.3 is 8.60 Å². The number of nitro groups is 1. The Labute approximate surface area is 80.9 Å². The topological polar surface area (TPSA) is 92.8 Å². The van der Waals surface area contributed by atoms with E-state index in [2.05, 4.69) is 4.52 Å². The van der Waals surface area contributed by atoms with Crippen molar-refractivity contribution in [3.8, 4) is 0 Å². The second-order valence-electron chi connectivity index (χ2n) is 2.45. The number of hydrogen-bond acceptors (Lipinski definition) is 5. The Hall–Kier alpha value is -1.07. The van der Waals surface area contributed by atoms with E-state index in [1.54, 1.807) is 0 Å². The summed E-state index contributed by atoms with van der Waals surface area (Å²) in [5.41, 5.74) is 0.634. The smallest absolute Gasteiger partial charge is 0.327 e. The highest BCUT2D eigenvalue weighted by molar-refractivity contribution is 7.39. The molecule has 7 heteroatoms. The summed E-state index contributed by atoms with van der Waals surface area (Å²) < 4.78 is 4.53. The Balaban J connectivity index is 2.60. The van der Waals surface area contributed by atoms with Crippen molar-refractivity contribution in [2.75, 3.05) is 0 Å². The first-order chi connectivity index (χ1) is 6.59. The Morgan fingerprint density at radius 1 is 1.36 bits per heavy atom. The zero-order valence-electron chi connectivity index (χ0n) is 7.03. The van der Waals surface area contributed by atoms with Gasteiger partial charge in [0.05, 0.1) is 11.5 Å². The molecular formula is C7H8NO5P. The van der Waals surface area contributed by atoms with Crippen molar-refractivity contribution in [3.05, 3.63) is 39.9 Å². The lowest BCUT2D eigenvalue weighted by Crippen LogP contribution is -1.90. The quantitative estimate of drug-likeness (QED) is 0.450. The summed E-state index contributed by atoms with van der Waals surface area (Å²) in [5.74, 6) is 0. The first-order valence-electron chi connectivity index (χ1n) is 3.63. The number of hydrogen-bond donors (Lipinski definition) is 2.